The molecule has 0 aromatic rings. The normalized spacial score (nSPS) is 13.9. The first-order valence-electron chi connectivity index (χ1n) is 29.9. The molecule has 4 atom stereocenters. The number of ether oxygens (including phenoxy) is 2. The molecule has 0 amide bonds. The minimum Gasteiger partial charge on any atom is -0.790 e. The zero-order valence-corrected chi connectivity index (χ0v) is 50.6. The summed E-state index contributed by atoms with van der Waals surface area (Å²) in [4.78, 5) is 63.3. The van der Waals surface area contributed by atoms with Crippen LogP contribution in [-0.4, -0.2) is 100.0 Å². The van der Waals surface area contributed by atoms with E-state index in [0.29, 0.717) is 38.0 Å². The molecule has 16 heteroatoms. The molecule has 0 saturated carbocycles. The van der Waals surface area contributed by atoms with Gasteiger partial charge in [0.1, 0.15) is 12.6 Å². The SMILES string of the molecule is CCCCCCCCCCCCCCCCCCC(COC(C)=O)CC(CCCOP(=O)(O)O)[N+](C)(C)C.CCCCCCCCCCCCCCCCCCC(COC(C)=O)CC(COP(=O)([O-])[O-])[NH+](C)C. The maximum absolute atomic E-state index is 11.4. The van der Waals surface area contributed by atoms with Gasteiger partial charge < -0.3 is 47.5 Å². The maximum atomic E-state index is 11.4. The lowest BCUT2D eigenvalue weighted by Crippen LogP contribution is -3.10. The molecule has 0 saturated heterocycles. The molecule has 0 bridgehead atoms. The standard InChI is InChI=1S/C30H62NO6P.C27H56NO6P/c1-6-7-8-9-10-11-12-13-14-15-16-17-18-19-20-21-23-29(27-36-28(2)32)26-30(31(3,4)5)24-22-25-37-38(33,34)35;1-5-6-7-8-9-10-11-12-13-14-15-16-17-18-19-20-21-26(23-33-25(2)29)22-27(28(3)4)24-34-35(30,31)32/h29-30H,6-27H2,1-5H3,(H-,33,34,35);26-27H,5-24H2,1-4H3,(H2,30,31,32). The van der Waals surface area contributed by atoms with Gasteiger partial charge in [0, 0.05) is 33.1 Å². The topological polar surface area (TPSA) is 196 Å². The molecule has 14 nitrogen and oxygen atoms in total. The van der Waals surface area contributed by atoms with Crippen molar-refractivity contribution in [2.24, 2.45) is 11.8 Å². The highest BCUT2D eigenvalue weighted by Gasteiger charge is 2.28. The number of phosphoric ester groups is 2. The van der Waals surface area contributed by atoms with Gasteiger partial charge in [0.15, 0.2) is 0 Å². The number of nitrogens with zero attached hydrogens (tertiary/aromatic N) is 1. The third-order valence-electron chi connectivity index (χ3n) is 14.5. The molecule has 0 radical (unpaired) electrons. The summed E-state index contributed by atoms with van der Waals surface area (Å²) < 4.78 is 42.4. The van der Waals surface area contributed by atoms with Crippen molar-refractivity contribution in [1.29, 1.82) is 0 Å². The van der Waals surface area contributed by atoms with E-state index < -0.39 is 15.6 Å². The van der Waals surface area contributed by atoms with E-state index >= 15 is 0 Å². The Morgan fingerprint density at radius 2 is 0.795 bits per heavy atom. The van der Waals surface area contributed by atoms with Crippen molar-refractivity contribution in [1.82, 2.24) is 0 Å². The number of rotatable bonds is 52. The highest BCUT2D eigenvalue weighted by molar-refractivity contribution is 7.46. The minimum atomic E-state index is -4.99. The second-order valence-electron chi connectivity index (χ2n) is 22.7. The Kier molecular flexibility index (Phi) is 50.2. The number of likely N-dealkylation sites (N-methyl/N-ethyl adjacent to an activating group) is 1. The van der Waals surface area contributed by atoms with Crippen molar-refractivity contribution in [3.63, 3.8) is 0 Å². The van der Waals surface area contributed by atoms with E-state index in [1.165, 1.54) is 200 Å². The van der Waals surface area contributed by atoms with Crippen molar-refractivity contribution >= 4 is 27.6 Å². The highest BCUT2D eigenvalue weighted by atomic mass is 31.2. The van der Waals surface area contributed by atoms with Crippen molar-refractivity contribution < 1.29 is 66.2 Å². The van der Waals surface area contributed by atoms with Gasteiger partial charge in [-0.05, 0) is 31.1 Å². The van der Waals surface area contributed by atoms with Crippen LogP contribution in [0.5, 0.6) is 0 Å². The largest absolute Gasteiger partial charge is 0.790 e. The molecule has 0 aliphatic carbocycles. The smallest absolute Gasteiger partial charge is 0.469 e. The van der Waals surface area contributed by atoms with Crippen molar-refractivity contribution in [3.05, 3.63) is 0 Å². The van der Waals surface area contributed by atoms with E-state index in [9.17, 15) is 28.5 Å². The Hall–Kier alpha value is -0.920. The van der Waals surface area contributed by atoms with Crippen LogP contribution in [0.4, 0.5) is 0 Å². The zero-order chi connectivity index (χ0) is 55.1. The Bertz CT molecular complexity index is 1340. The fourth-order valence-corrected chi connectivity index (χ4v) is 10.5. The Morgan fingerprint density at radius 3 is 1.07 bits per heavy atom. The van der Waals surface area contributed by atoms with Gasteiger partial charge in [0.2, 0.25) is 0 Å². The second kappa shape index (κ2) is 49.4. The lowest BCUT2D eigenvalue weighted by Gasteiger charge is -2.36. The molecule has 73 heavy (non-hydrogen) atoms. The van der Waals surface area contributed by atoms with Crippen LogP contribution < -0.4 is 14.7 Å². The van der Waals surface area contributed by atoms with Gasteiger partial charge in [0.25, 0.3) is 0 Å². The number of hydrogen-bond acceptors (Lipinski definition) is 10. The summed E-state index contributed by atoms with van der Waals surface area (Å²) >= 11 is 0. The molecule has 0 aromatic carbocycles. The first-order chi connectivity index (χ1) is 34.6. The number of unbranched alkanes of at least 4 members (excludes halogenated alkanes) is 30. The van der Waals surface area contributed by atoms with Crippen LogP contribution in [-0.2, 0) is 37.2 Å². The molecule has 0 aliphatic heterocycles. The van der Waals surface area contributed by atoms with Crippen LogP contribution in [0.15, 0.2) is 0 Å². The van der Waals surface area contributed by atoms with Crippen molar-refractivity contribution in [2.75, 3.05) is 61.7 Å². The number of carbonyl (C=O) groups excluding carboxylic acids is 2. The summed E-state index contributed by atoms with van der Waals surface area (Å²) in [5.41, 5.74) is 0. The van der Waals surface area contributed by atoms with Gasteiger partial charge in [-0.15, -0.1) is 0 Å². The first kappa shape index (κ1) is 74.2. The van der Waals surface area contributed by atoms with Gasteiger partial charge in [-0.3, -0.25) is 14.1 Å². The van der Waals surface area contributed by atoms with Crippen molar-refractivity contribution in [2.45, 2.75) is 284 Å². The number of nitrogens with one attached hydrogen (secondary N) is 1. The summed E-state index contributed by atoms with van der Waals surface area (Å²) in [5, 5.41) is 0. The predicted octanol–water partition coefficient (Wildman–Crippen LogP) is 12.7. The van der Waals surface area contributed by atoms with E-state index in [1.807, 2.05) is 14.1 Å². The van der Waals surface area contributed by atoms with E-state index in [4.69, 9.17) is 19.3 Å². The highest BCUT2D eigenvalue weighted by Crippen LogP contribution is 2.36. The molecule has 3 N–H and O–H groups in total. The van der Waals surface area contributed by atoms with Crippen LogP contribution in [0, 0.1) is 11.8 Å². The minimum absolute atomic E-state index is 0.0501. The van der Waals surface area contributed by atoms with Gasteiger partial charge in [-0.25, -0.2) is 4.57 Å². The number of carbonyl (C=O) groups is 2. The van der Waals surface area contributed by atoms with Gasteiger partial charge >= 0.3 is 19.8 Å². The quantitative estimate of drug-likeness (QED) is 0.0226. The molecule has 0 aliphatic rings. The van der Waals surface area contributed by atoms with Gasteiger partial charge in [-0.2, -0.15) is 0 Å². The summed E-state index contributed by atoms with van der Waals surface area (Å²) in [6.45, 7) is 8.08. The van der Waals surface area contributed by atoms with Gasteiger partial charge in [-0.1, -0.05) is 219 Å². The Labute approximate surface area is 449 Å². The zero-order valence-electron chi connectivity index (χ0n) is 48.8. The molecule has 0 aromatic heterocycles. The number of quaternary nitrogens is 2. The molecular weight excluding hydrogens is 967 g/mol. The Morgan fingerprint density at radius 1 is 0.479 bits per heavy atom. The van der Waals surface area contributed by atoms with Crippen LogP contribution in [0.2, 0.25) is 0 Å². The number of hydrogen-bond donors (Lipinski definition) is 3. The third-order valence-corrected chi connectivity index (χ3v) is 15.5. The van der Waals surface area contributed by atoms with E-state index in [1.54, 1.807) is 0 Å². The van der Waals surface area contributed by atoms with Crippen LogP contribution in [0.3, 0.4) is 0 Å². The lowest BCUT2D eigenvalue weighted by atomic mass is 9.91. The molecule has 438 valence electrons. The fraction of sp³-hybridized carbons (Fsp3) is 0.965. The number of esters is 2. The Balaban J connectivity index is 0. The van der Waals surface area contributed by atoms with Crippen molar-refractivity contribution in [3.8, 4) is 0 Å². The second-order valence-corrected chi connectivity index (χ2v) is 25.1. The van der Waals surface area contributed by atoms with E-state index in [2.05, 4.69) is 44.0 Å². The average Bonchev–Trinajstić information content (AvgIpc) is 3.30. The van der Waals surface area contributed by atoms with Crippen LogP contribution in [0.25, 0.3) is 0 Å². The van der Waals surface area contributed by atoms with Gasteiger partial charge in [0.05, 0.1) is 68.9 Å². The maximum Gasteiger partial charge on any atom is 0.469 e. The first-order valence-corrected chi connectivity index (χ1v) is 32.8. The third kappa shape index (κ3) is 57.1. The summed E-state index contributed by atoms with van der Waals surface area (Å²) in [6.07, 6.45) is 47.8. The molecule has 0 fully saturated rings. The predicted molar refractivity (Wildman–Crippen MR) is 297 cm³/mol. The monoisotopic (exact) mass is 1080 g/mol. The average molecular weight is 1090 g/mol. The summed E-state index contributed by atoms with van der Waals surface area (Å²) in [5.74, 6) is -0.114. The summed E-state index contributed by atoms with van der Waals surface area (Å²) in [7, 11) is 0.846. The number of phosphoric acid groups is 2. The molecule has 0 spiro atoms. The lowest BCUT2D eigenvalue weighted by molar-refractivity contribution is -0.897. The van der Waals surface area contributed by atoms with Crippen LogP contribution in [0.1, 0.15) is 272 Å². The summed E-state index contributed by atoms with van der Waals surface area (Å²) in [6, 6.07) is 0.157. The molecule has 4 unspecified atom stereocenters. The molecular formula is C57H118N2O12P2. The molecule has 0 rings (SSSR count). The van der Waals surface area contributed by atoms with E-state index in [-0.39, 0.29) is 37.1 Å². The van der Waals surface area contributed by atoms with Crippen LogP contribution >= 0.6 is 15.6 Å². The fourth-order valence-electron chi connectivity index (χ4n) is 9.73. The van der Waals surface area contributed by atoms with E-state index in [0.717, 1.165) is 54.3 Å². The molecule has 0 heterocycles.